The van der Waals surface area contributed by atoms with Gasteiger partial charge in [-0.3, -0.25) is 4.79 Å². The van der Waals surface area contributed by atoms with Crippen LogP contribution in [0.1, 0.15) is 42.9 Å². The highest BCUT2D eigenvalue weighted by Gasteiger charge is 2.21. The number of thiophene rings is 1. The van der Waals surface area contributed by atoms with Crippen LogP contribution < -0.4 is 10.1 Å². The molecule has 0 saturated heterocycles. The molecule has 0 spiro atoms. The lowest BCUT2D eigenvalue weighted by Crippen LogP contribution is -2.14. The molecular formula is C20H19N3O6S. The van der Waals surface area contributed by atoms with E-state index in [0.717, 1.165) is 0 Å². The molecule has 0 radical (unpaired) electrons. The first-order valence-corrected chi connectivity index (χ1v) is 9.71. The molecule has 2 aromatic heterocycles. The number of anilines is 1. The summed E-state index contributed by atoms with van der Waals surface area (Å²) in [4.78, 5) is 46.2. The number of ether oxygens (including phenoxy) is 3. The summed E-state index contributed by atoms with van der Waals surface area (Å²) in [5.74, 6) is -1.30. The molecule has 10 heteroatoms. The summed E-state index contributed by atoms with van der Waals surface area (Å²) in [6, 6.07) is 4.18. The maximum Gasteiger partial charge on any atom is 0.337 e. The number of nitrogens with one attached hydrogen (secondary N) is 1. The number of aromatic nitrogens is 2. The maximum atomic E-state index is 13.0. The van der Waals surface area contributed by atoms with Crippen molar-refractivity contribution in [2.24, 2.45) is 0 Å². The number of nitrogens with zero attached hydrogens (tertiary/aromatic N) is 2. The number of methoxy groups -OCH3 is 2. The summed E-state index contributed by atoms with van der Waals surface area (Å²) in [7, 11) is 2.45. The topological polar surface area (TPSA) is 117 Å². The van der Waals surface area contributed by atoms with Crippen molar-refractivity contribution < 1.29 is 28.6 Å². The minimum Gasteiger partial charge on any atom is -0.477 e. The standard InChI is InChI=1S/C20H19N3O6S/c1-5-29-17-14-10(2)15(30-18(14)22-9-21-17)16(24)23-13-7-11(19(25)27-3)6-12(8-13)20(26)28-4/h6-9H,5H2,1-4H3,(H,23,24). The van der Waals surface area contributed by atoms with Gasteiger partial charge in [0.25, 0.3) is 5.91 Å². The number of fused-ring (bicyclic) bond motifs is 1. The zero-order valence-electron chi connectivity index (χ0n) is 16.8. The maximum absolute atomic E-state index is 13.0. The van der Waals surface area contributed by atoms with Gasteiger partial charge in [0.2, 0.25) is 5.88 Å². The first kappa shape index (κ1) is 21.2. The van der Waals surface area contributed by atoms with E-state index in [9.17, 15) is 14.4 Å². The van der Waals surface area contributed by atoms with E-state index in [4.69, 9.17) is 14.2 Å². The molecule has 1 aromatic carbocycles. The second kappa shape index (κ2) is 8.87. The van der Waals surface area contributed by atoms with Crippen molar-refractivity contribution >= 4 is 45.1 Å². The number of hydrogen-bond acceptors (Lipinski definition) is 9. The average Bonchev–Trinajstić information content (AvgIpc) is 3.10. The SMILES string of the molecule is CCOc1ncnc2sc(C(=O)Nc3cc(C(=O)OC)cc(C(=O)OC)c3)c(C)c12. The second-order valence-electron chi connectivity index (χ2n) is 6.08. The van der Waals surface area contributed by atoms with E-state index in [0.29, 0.717) is 33.1 Å². The van der Waals surface area contributed by atoms with E-state index in [-0.39, 0.29) is 16.8 Å². The Hall–Kier alpha value is -3.53. The normalized spacial score (nSPS) is 10.5. The van der Waals surface area contributed by atoms with Gasteiger partial charge >= 0.3 is 11.9 Å². The van der Waals surface area contributed by atoms with Crippen LogP contribution in [0.4, 0.5) is 5.69 Å². The van der Waals surface area contributed by atoms with Gasteiger partial charge in [0.1, 0.15) is 11.2 Å². The van der Waals surface area contributed by atoms with Crippen LogP contribution in [-0.2, 0) is 9.47 Å². The summed E-state index contributed by atoms with van der Waals surface area (Å²) >= 11 is 1.19. The zero-order chi connectivity index (χ0) is 21.8. The van der Waals surface area contributed by atoms with Crippen LogP contribution in [0.3, 0.4) is 0 Å². The number of amides is 1. The molecule has 2 heterocycles. The predicted octanol–water partition coefficient (Wildman–Crippen LogP) is 3.22. The Labute approximate surface area is 176 Å². The van der Waals surface area contributed by atoms with Gasteiger partial charge in [0.05, 0.1) is 42.2 Å². The molecule has 9 nitrogen and oxygen atoms in total. The first-order valence-electron chi connectivity index (χ1n) is 8.89. The van der Waals surface area contributed by atoms with Crippen molar-refractivity contribution in [2.75, 3.05) is 26.1 Å². The van der Waals surface area contributed by atoms with Gasteiger partial charge in [0, 0.05) is 5.69 Å². The van der Waals surface area contributed by atoms with E-state index < -0.39 is 17.8 Å². The molecule has 0 unspecified atom stereocenters. The molecular weight excluding hydrogens is 410 g/mol. The average molecular weight is 429 g/mol. The highest BCUT2D eigenvalue weighted by atomic mass is 32.1. The van der Waals surface area contributed by atoms with Crippen LogP contribution in [0.25, 0.3) is 10.2 Å². The third-order valence-corrected chi connectivity index (χ3v) is 5.41. The first-order chi connectivity index (χ1) is 14.4. The van der Waals surface area contributed by atoms with E-state index >= 15 is 0 Å². The van der Waals surface area contributed by atoms with Crippen molar-refractivity contribution in [1.82, 2.24) is 9.97 Å². The molecule has 3 rings (SSSR count). The van der Waals surface area contributed by atoms with Crippen LogP contribution in [0.2, 0.25) is 0 Å². The highest BCUT2D eigenvalue weighted by molar-refractivity contribution is 7.20. The van der Waals surface area contributed by atoms with Gasteiger partial charge in [0.15, 0.2) is 0 Å². The summed E-state index contributed by atoms with van der Waals surface area (Å²) in [5.41, 5.74) is 1.13. The van der Waals surface area contributed by atoms with Crippen LogP contribution >= 0.6 is 11.3 Å². The Kier molecular flexibility index (Phi) is 6.26. The van der Waals surface area contributed by atoms with Gasteiger partial charge in [-0.1, -0.05) is 0 Å². The number of carbonyl (C=O) groups excluding carboxylic acids is 3. The number of esters is 2. The molecule has 0 aliphatic heterocycles. The minimum atomic E-state index is -0.647. The summed E-state index contributed by atoms with van der Waals surface area (Å²) in [6.45, 7) is 4.06. The van der Waals surface area contributed by atoms with Gasteiger partial charge in [-0.05, 0) is 37.6 Å². The number of benzene rings is 1. The van der Waals surface area contributed by atoms with Crippen LogP contribution in [0.15, 0.2) is 24.5 Å². The van der Waals surface area contributed by atoms with Crippen LogP contribution in [-0.4, -0.2) is 48.6 Å². The lowest BCUT2D eigenvalue weighted by Gasteiger charge is -2.09. The Morgan fingerprint density at radius 1 is 1.03 bits per heavy atom. The molecule has 30 heavy (non-hydrogen) atoms. The molecule has 0 fully saturated rings. The Morgan fingerprint density at radius 2 is 1.67 bits per heavy atom. The summed E-state index contributed by atoms with van der Waals surface area (Å²) < 4.78 is 15.0. The van der Waals surface area contributed by atoms with Crippen molar-refractivity contribution in [2.45, 2.75) is 13.8 Å². The van der Waals surface area contributed by atoms with Crippen molar-refractivity contribution in [3.8, 4) is 5.88 Å². The Morgan fingerprint density at radius 3 is 2.23 bits per heavy atom. The fraction of sp³-hybridized carbons (Fsp3) is 0.250. The highest BCUT2D eigenvalue weighted by Crippen LogP contribution is 2.34. The number of hydrogen-bond donors (Lipinski definition) is 1. The fourth-order valence-electron chi connectivity index (χ4n) is 2.86. The quantitative estimate of drug-likeness (QED) is 0.594. The van der Waals surface area contributed by atoms with Crippen molar-refractivity contribution in [1.29, 1.82) is 0 Å². The molecule has 0 aliphatic carbocycles. The number of carbonyl (C=O) groups is 3. The molecule has 0 saturated carbocycles. The monoisotopic (exact) mass is 429 g/mol. The number of rotatable bonds is 6. The lowest BCUT2D eigenvalue weighted by molar-refractivity contribution is 0.0599. The van der Waals surface area contributed by atoms with Gasteiger partial charge in [-0.2, -0.15) is 0 Å². The van der Waals surface area contributed by atoms with E-state index in [1.165, 1.54) is 50.1 Å². The Balaban J connectivity index is 1.99. The molecule has 1 amide bonds. The van der Waals surface area contributed by atoms with E-state index in [1.807, 2.05) is 6.92 Å². The molecule has 0 aliphatic rings. The zero-order valence-corrected chi connectivity index (χ0v) is 17.6. The fourth-order valence-corrected chi connectivity index (χ4v) is 3.90. The van der Waals surface area contributed by atoms with Crippen LogP contribution in [0, 0.1) is 6.92 Å². The molecule has 1 N–H and O–H groups in total. The largest absolute Gasteiger partial charge is 0.477 e. The molecule has 0 atom stereocenters. The van der Waals surface area contributed by atoms with E-state index in [2.05, 4.69) is 15.3 Å². The molecule has 156 valence electrons. The predicted molar refractivity (Wildman–Crippen MR) is 110 cm³/mol. The van der Waals surface area contributed by atoms with Gasteiger partial charge in [-0.25, -0.2) is 19.6 Å². The van der Waals surface area contributed by atoms with Crippen molar-refractivity contribution in [3.05, 3.63) is 46.1 Å². The third kappa shape index (κ3) is 4.08. The second-order valence-corrected chi connectivity index (χ2v) is 7.08. The van der Waals surface area contributed by atoms with Crippen LogP contribution in [0.5, 0.6) is 5.88 Å². The third-order valence-electron chi connectivity index (χ3n) is 4.21. The minimum absolute atomic E-state index is 0.105. The molecule has 3 aromatic rings. The van der Waals surface area contributed by atoms with Crippen molar-refractivity contribution in [3.63, 3.8) is 0 Å². The molecule has 0 bridgehead atoms. The Bertz CT molecular complexity index is 1110. The van der Waals surface area contributed by atoms with Gasteiger partial charge < -0.3 is 19.5 Å². The summed E-state index contributed by atoms with van der Waals surface area (Å²) in [5, 5.41) is 3.39. The summed E-state index contributed by atoms with van der Waals surface area (Å²) in [6.07, 6.45) is 1.38. The smallest absolute Gasteiger partial charge is 0.337 e. The number of aryl methyl sites for hydroxylation is 1. The van der Waals surface area contributed by atoms with E-state index in [1.54, 1.807) is 6.92 Å². The lowest BCUT2D eigenvalue weighted by atomic mass is 10.1. The van der Waals surface area contributed by atoms with Gasteiger partial charge in [-0.15, -0.1) is 11.3 Å².